The number of halogens is 3. The van der Waals surface area contributed by atoms with Crippen molar-refractivity contribution in [3.05, 3.63) is 23.5 Å². The number of aryl methyl sites for hydroxylation is 1. The van der Waals surface area contributed by atoms with Gasteiger partial charge in [-0.05, 0) is 37.7 Å². The van der Waals surface area contributed by atoms with Gasteiger partial charge in [-0.15, -0.1) is 0 Å². The summed E-state index contributed by atoms with van der Waals surface area (Å²) in [5, 5.41) is 0. The molecule has 1 aromatic heterocycles. The van der Waals surface area contributed by atoms with Crippen molar-refractivity contribution >= 4 is 5.91 Å². The highest BCUT2D eigenvalue weighted by molar-refractivity contribution is 5.96. The molecule has 0 N–H and O–H groups in total. The van der Waals surface area contributed by atoms with Crippen molar-refractivity contribution in [3.8, 4) is 0 Å². The zero-order chi connectivity index (χ0) is 17.3. The molecule has 1 amide bonds. The van der Waals surface area contributed by atoms with Crippen LogP contribution in [0.2, 0.25) is 0 Å². The van der Waals surface area contributed by atoms with Crippen molar-refractivity contribution in [1.29, 1.82) is 0 Å². The zero-order valence-corrected chi connectivity index (χ0v) is 13.8. The number of rotatable bonds is 4. The van der Waals surface area contributed by atoms with Gasteiger partial charge in [-0.25, -0.2) is 0 Å². The first kappa shape index (κ1) is 17.3. The first-order valence-electron chi connectivity index (χ1n) is 8.47. The molecular weight excluding hydrogens is 321 g/mol. The molecule has 0 aromatic carbocycles. The minimum Gasteiger partial charge on any atom is -0.379 e. The molecule has 1 aliphatic carbocycles. The van der Waals surface area contributed by atoms with E-state index in [1.807, 2.05) is 11.6 Å². The minimum absolute atomic E-state index is 0.174. The van der Waals surface area contributed by atoms with E-state index in [0.717, 1.165) is 29.9 Å². The van der Waals surface area contributed by atoms with Gasteiger partial charge in [0.15, 0.2) is 0 Å². The van der Waals surface area contributed by atoms with E-state index in [2.05, 4.69) is 0 Å². The van der Waals surface area contributed by atoms with Crippen molar-refractivity contribution in [2.45, 2.75) is 50.2 Å². The van der Waals surface area contributed by atoms with Crippen LogP contribution in [0.3, 0.4) is 0 Å². The van der Waals surface area contributed by atoms with Gasteiger partial charge in [0.1, 0.15) is 6.54 Å². The second kappa shape index (κ2) is 6.78. The van der Waals surface area contributed by atoms with E-state index in [0.29, 0.717) is 25.0 Å². The number of hydrogen-bond donors (Lipinski definition) is 0. The van der Waals surface area contributed by atoms with Crippen LogP contribution in [0.5, 0.6) is 0 Å². The third kappa shape index (κ3) is 3.61. The Morgan fingerprint density at radius 3 is 2.62 bits per heavy atom. The van der Waals surface area contributed by atoms with Crippen LogP contribution < -0.4 is 0 Å². The highest BCUT2D eigenvalue weighted by Crippen LogP contribution is 2.39. The third-order valence-electron chi connectivity index (χ3n) is 5.03. The molecule has 0 radical (unpaired) electrons. The van der Waals surface area contributed by atoms with Crippen LogP contribution in [0, 0.1) is 0 Å². The summed E-state index contributed by atoms with van der Waals surface area (Å²) in [5.74, 6) is -0.246. The van der Waals surface area contributed by atoms with Gasteiger partial charge in [-0.2, -0.15) is 13.2 Å². The number of nitrogens with zero attached hydrogens (tertiary/aromatic N) is 2. The van der Waals surface area contributed by atoms with Gasteiger partial charge in [0, 0.05) is 25.5 Å². The second-order valence-corrected chi connectivity index (χ2v) is 6.77. The maximum atomic E-state index is 13.0. The van der Waals surface area contributed by atoms with Gasteiger partial charge in [0.25, 0.3) is 5.91 Å². The lowest BCUT2D eigenvalue weighted by Gasteiger charge is -2.35. The molecule has 4 nitrogen and oxygen atoms in total. The van der Waals surface area contributed by atoms with Gasteiger partial charge < -0.3 is 14.2 Å². The van der Waals surface area contributed by atoms with Crippen molar-refractivity contribution in [1.82, 2.24) is 9.47 Å². The summed E-state index contributed by atoms with van der Waals surface area (Å²) in [6.45, 7) is -0.504. The van der Waals surface area contributed by atoms with Crippen molar-refractivity contribution in [2.24, 2.45) is 7.05 Å². The summed E-state index contributed by atoms with van der Waals surface area (Å²) in [5.41, 5.74) is 1.28. The van der Waals surface area contributed by atoms with E-state index >= 15 is 0 Å². The molecule has 2 fully saturated rings. The number of aromatic nitrogens is 1. The van der Waals surface area contributed by atoms with Crippen LogP contribution in [0.4, 0.5) is 13.2 Å². The fourth-order valence-corrected chi connectivity index (χ4v) is 3.60. The highest BCUT2D eigenvalue weighted by Gasteiger charge is 2.39. The molecule has 7 heteroatoms. The molecule has 1 aromatic rings. The Morgan fingerprint density at radius 1 is 1.33 bits per heavy atom. The Balaban J connectivity index is 1.87. The number of alkyl halides is 3. The number of ether oxygens (including phenoxy) is 1. The molecule has 0 bridgehead atoms. The number of amides is 1. The molecule has 1 unspecified atom stereocenters. The quantitative estimate of drug-likeness (QED) is 0.838. The predicted molar refractivity (Wildman–Crippen MR) is 82.9 cm³/mol. The lowest BCUT2D eigenvalue weighted by molar-refractivity contribution is -0.148. The Bertz CT molecular complexity index is 587. The summed E-state index contributed by atoms with van der Waals surface area (Å²) < 4.78 is 46.3. The normalized spacial score (nSPS) is 22.2. The summed E-state index contributed by atoms with van der Waals surface area (Å²) >= 11 is 0. The maximum absolute atomic E-state index is 13.0. The molecule has 1 aliphatic heterocycles. The van der Waals surface area contributed by atoms with Crippen LogP contribution >= 0.6 is 0 Å². The smallest absolute Gasteiger partial charge is 0.379 e. The van der Waals surface area contributed by atoms with E-state index in [-0.39, 0.29) is 12.5 Å². The average Bonchev–Trinajstić information content (AvgIpc) is 2.84. The lowest BCUT2D eigenvalue weighted by Crippen LogP contribution is -2.49. The second-order valence-electron chi connectivity index (χ2n) is 6.77. The maximum Gasteiger partial charge on any atom is 0.406 e. The number of carbonyl (C=O) groups is 1. The van der Waals surface area contributed by atoms with Crippen LogP contribution in [0.25, 0.3) is 0 Å². The Labute approximate surface area is 139 Å². The summed E-state index contributed by atoms with van der Waals surface area (Å²) in [4.78, 5) is 13.9. The molecule has 134 valence electrons. The monoisotopic (exact) mass is 344 g/mol. The standard InChI is InChI=1S/C17H23F3N2O2/c1-21-8-7-14(15(21)12-4-2-5-12)16(23)22(11-17(18,19)20)13-6-3-9-24-10-13/h7-8,12-13H,2-6,9-11H2,1H3. The predicted octanol–water partition coefficient (Wildman–Crippen LogP) is 3.48. The van der Waals surface area contributed by atoms with Gasteiger partial charge in [0.2, 0.25) is 0 Å². The minimum atomic E-state index is -4.42. The molecule has 24 heavy (non-hydrogen) atoms. The average molecular weight is 344 g/mol. The Morgan fingerprint density at radius 2 is 2.08 bits per heavy atom. The zero-order valence-electron chi connectivity index (χ0n) is 13.8. The summed E-state index contributed by atoms with van der Waals surface area (Å²) in [6.07, 6.45) is 1.66. The van der Waals surface area contributed by atoms with Crippen molar-refractivity contribution in [2.75, 3.05) is 19.8 Å². The van der Waals surface area contributed by atoms with Crippen LogP contribution in [-0.4, -0.2) is 47.4 Å². The number of carbonyl (C=O) groups excluding carboxylic acids is 1. The van der Waals surface area contributed by atoms with Crippen molar-refractivity contribution < 1.29 is 22.7 Å². The molecule has 1 atom stereocenters. The van der Waals surface area contributed by atoms with Gasteiger partial charge >= 0.3 is 6.18 Å². The van der Waals surface area contributed by atoms with Crippen LogP contribution in [-0.2, 0) is 11.8 Å². The van der Waals surface area contributed by atoms with Gasteiger partial charge in [0.05, 0.1) is 18.2 Å². The molecule has 2 heterocycles. The first-order chi connectivity index (χ1) is 11.4. The fraction of sp³-hybridized carbons (Fsp3) is 0.706. The molecule has 3 rings (SSSR count). The molecule has 1 saturated carbocycles. The lowest BCUT2D eigenvalue weighted by atomic mass is 9.81. The molecular formula is C17H23F3N2O2. The summed E-state index contributed by atoms with van der Waals surface area (Å²) in [7, 11) is 1.85. The van der Waals surface area contributed by atoms with E-state index in [4.69, 9.17) is 4.74 Å². The van der Waals surface area contributed by atoms with E-state index in [1.54, 1.807) is 12.3 Å². The van der Waals surface area contributed by atoms with E-state index in [1.165, 1.54) is 0 Å². The van der Waals surface area contributed by atoms with E-state index < -0.39 is 24.7 Å². The molecule has 2 aliphatic rings. The Kier molecular flexibility index (Phi) is 4.90. The van der Waals surface area contributed by atoms with Crippen molar-refractivity contribution in [3.63, 3.8) is 0 Å². The Hall–Kier alpha value is -1.50. The van der Waals surface area contributed by atoms with E-state index in [9.17, 15) is 18.0 Å². The first-order valence-corrected chi connectivity index (χ1v) is 8.47. The fourth-order valence-electron chi connectivity index (χ4n) is 3.60. The topological polar surface area (TPSA) is 34.5 Å². The third-order valence-corrected chi connectivity index (χ3v) is 5.03. The molecule has 0 spiro atoms. The largest absolute Gasteiger partial charge is 0.406 e. The molecule has 1 saturated heterocycles. The SMILES string of the molecule is Cn1ccc(C(=O)N(CC(F)(F)F)C2CCCOC2)c1C1CCC1. The van der Waals surface area contributed by atoms with Crippen LogP contribution in [0.15, 0.2) is 12.3 Å². The summed E-state index contributed by atoms with van der Waals surface area (Å²) in [6, 6.07) is 1.14. The van der Waals surface area contributed by atoms with Gasteiger partial charge in [-0.3, -0.25) is 4.79 Å². The van der Waals surface area contributed by atoms with Gasteiger partial charge in [-0.1, -0.05) is 6.42 Å². The highest BCUT2D eigenvalue weighted by atomic mass is 19.4. The number of hydrogen-bond acceptors (Lipinski definition) is 2. The van der Waals surface area contributed by atoms with Crippen LogP contribution in [0.1, 0.15) is 54.1 Å².